The molecule has 2 aromatic heterocycles. The number of halogens is 1. The van der Waals surface area contributed by atoms with Gasteiger partial charge in [0.15, 0.2) is 0 Å². The first kappa shape index (κ1) is 12.5. The van der Waals surface area contributed by atoms with Crippen molar-refractivity contribution in [2.45, 2.75) is 0 Å². The van der Waals surface area contributed by atoms with Crippen LogP contribution in [-0.2, 0) is 0 Å². The molecule has 0 aliphatic heterocycles. The molecule has 5 heteroatoms. The Bertz CT molecular complexity index is 787. The highest BCUT2D eigenvalue weighted by molar-refractivity contribution is 7.13. The number of nitrogens with zero attached hydrogens (tertiary/aromatic N) is 3. The quantitative estimate of drug-likeness (QED) is 0.716. The number of pyridine rings is 1. The molecule has 0 spiro atoms. The molecule has 0 atom stereocenters. The fourth-order valence-electron chi connectivity index (χ4n) is 1.76. The molecule has 0 fully saturated rings. The summed E-state index contributed by atoms with van der Waals surface area (Å²) in [5.41, 5.74) is 2.33. The molecule has 20 heavy (non-hydrogen) atoms. The Morgan fingerprint density at radius 1 is 1.10 bits per heavy atom. The van der Waals surface area contributed by atoms with Crippen LogP contribution in [0, 0.1) is 17.1 Å². The zero-order valence-corrected chi connectivity index (χ0v) is 11.1. The lowest BCUT2D eigenvalue weighted by Crippen LogP contribution is -1.86. The van der Waals surface area contributed by atoms with E-state index < -0.39 is 0 Å². The third-order valence-electron chi connectivity index (χ3n) is 2.76. The third kappa shape index (κ3) is 2.29. The number of rotatable bonds is 2. The van der Waals surface area contributed by atoms with Gasteiger partial charge in [0.1, 0.15) is 22.6 Å². The van der Waals surface area contributed by atoms with Crippen molar-refractivity contribution in [1.82, 2.24) is 9.97 Å². The minimum atomic E-state index is -0.291. The summed E-state index contributed by atoms with van der Waals surface area (Å²) in [6.45, 7) is 0. The number of benzene rings is 1. The van der Waals surface area contributed by atoms with Gasteiger partial charge in [-0.2, -0.15) is 5.26 Å². The molecule has 0 unspecified atom stereocenters. The van der Waals surface area contributed by atoms with Gasteiger partial charge in [-0.15, -0.1) is 11.3 Å². The maximum Gasteiger partial charge on any atom is 0.133 e. The van der Waals surface area contributed by atoms with Gasteiger partial charge in [-0.25, -0.2) is 9.37 Å². The zero-order chi connectivity index (χ0) is 13.9. The van der Waals surface area contributed by atoms with Gasteiger partial charge in [0, 0.05) is 17.1 Å². The van der Waals surface area contributed by atoms with Gasteiger partial charge in [-0.05, 0) is 24.3 Å². The van der Waals surface area contributed by atoms with Crippen molar-refractivity contribution in [2.24, 2.45) is 0 Å². The van der Waals surface area contributed by atoms with E-state index in [1.807, 2.05) is 11.4 Å². The summed E-state index contributed by atoms with van der Waals surface area (Å²) in [7, 11) is 0. The molecule has 0 saturated carbocycles. The largest absolute Gasteiger partial charge is 0.253 e. The van der Waals surface area contributed by atoms with Gasteiger partial charge in [-0.1, -0.05) is 12.1 Å². The Labute approximate surface area is 119 Å². The van der Waals surface area contributed by atoms with Crippen molar-refractivity contribution in [3.63, 3.8) is 0 Å². The van der Waals surface area contributed by atoms with Crippen LogP contribution in [0.5, 0.6) is 0 Å². The van der Waals surface area contributed by atoms with Crippen LogP contribution in [0.3, 0.4) is 0 Å². The Hall–Kier alpha value is -2.58. The van der Waals surface area contributed by atoms with E-state index in [1.165, 1.54) is 23.6 Å². The van der Waals surface area contributed by atoms with Crippen LogP contribution in [-0.4, -0.2) is 9.97 Å². The van der Waals surface area contributed by atoms with E-state index in [0.717, 1.165) is 0 Å². The van der Waals surface area contributed by atoms with Gasteiger partial charge in [-0.3, -0.25) is 4.98 Å². The Morgan fingerprint density at radius 2 is 1.95 bits per heavy atom. The summed E-state index contributed by atoms with van der Waals surface area (Å²) in [5.74, 6) is -0.291. The SMILES string of the molecule is N#Cc1ccc(-c2csc(-c3ccccc3F)n2)nc1. The van der Waals surface area contributed by atoms with Crippen LogP contribution >= 0.6 is 11.3 Å². The number of hydrogen-bond donors (Lipinski definition) is 0. The van der Waals surface area contributed by atoms with Crippen molar-refractivity contribution < 1.29 is 4.39 Å². The fourth-order valence-corrected chi connectivity index (χ4v) is 2.60. The normalized spacial score (nSPS) is 10.2. The van der Waals surface area contributed by atoms with E-state index >= 15 is 0 Å². The van der Waals surface area contributed by atoms with E-state index in [9.17, 15) is 4.39 Å². The monoisotopic (exact) mass is 281 g/mol. The first-order chi connectivity index (χ1) is 9.78. The Morgan fingerprint density at radius 3 is 2.65 bits per heavy atom. The second-order valence-corrected chi connectivity index (χ2v) is 4.92. The van der Waals surface area contributed by atoms with Crippen molar-refractivity contribution in [3.8, 4) is 28.0 Å². The summed E-state index contributed by atoms with van der Waals surface area (Å²) in [4.78, 5) is 8.58. The lowest BCUT2D eigenvalue weighted by atomic mass is 10.2. The van der Waals surface area contributed by atoms with Crippen LogP contribution in [0.15, 0.2) is 48.0 Å². The highest BCUT2D eigenvalue weighted by Gasteiger charge is 2.10. The molecule has 0 saturated heterocycles. The van der Waals surface area contributed by atoms with Crippen LogP contribution in [0.2, 0.25) is 0 Å². The van der Waals surface area contributed by atoms with Crippen molar-refractivity contribution >= 4 is 11.3 Å². The van der Waals surface area contributed by atoms with Gasteiger partial charge in [0.2, 0.25) is 0 Å². The summed E-state index contributed by atoms with van der Waals surface area (Å²) in [6, 6.07) is 12.0. The molecule has 0 radical (unpaired) electrons. The van der Waals surface area contributed by atoms with Gasteiger partial charge < -0.3 is 0 Å². The number of aromatic nitrogens is 2. The van der Waals surface area contributed by atoms with Crippen LogP contribution < -0.4 is 0 Å². The van der Waals surface area contributed by atoms with Gasteiger partial charge >= 0.3 is 0 Å². The van der Waals surface area contributed by atoms with Crippen LogP contribution in [0.25, 0.3) is 22.0 Å². The first-order valence-electron chi connectivity index (χ1n) is 5.85. The average Bonchev–Trinajstić information content (AvgIpc) is 2.97. The van der Waals surface area contributed by atoms with E-state index in [4.69, 9.17) is 5.26 Å². The van der Waals surface area contributed by atoms with Crippen LogP contribution in [0.4, 0.5) is 4.39 Å². The predicted octanol–water partition coefficient (Wildman–Crippen LogP) is 3.88. The molecule has 1 aromatic carbocycles. The lowest BCUT2D eigenvalue weighted by molar-refractivity contribution is 0.631. The smallest absolute Gasteiger partial charge is 0.133 e. The zero-order valence-electron chi connectivity index (χ0n) is 10.2. The third-order valence-corrected chi connectivity index (χ3v) is 3.64. The fraction of sp³-hybridized carbons (Fsp3) is 0. The molecule has 0 aliphatic carbocycles. The summed E-state index contributed by atoms with van der Waals surface area (Å²) >= 11 is 1.37. The maximum atomic E-state index is 13.7. The molecular weight excluding hydrogens is 273 g/mol. The second kappa shape index (κ2) is 5.19. The highest BCUT2D eigenvalue weighted by Crippen LogP contribution is 2.29. The molecule has 0 amide bonds. The minimum Gasteiger partial charge on any atom is -0.253 e. The molecule has 3 rings (SSSR count). The van der Waals surface area contributed by atoms with Gasteiger partial charge in [0.05, 0.1) is 11.3 Å². The molecular formula is C15H8FN3S. The molecule has 2 heterocycles. The minimum absolute atomic E-state index is 0.291. The molecule has 0 bridgehead atoms. The van der Waals surface area contributed by atoms with Crippen LogP contribution in [0.1, 0.15) is 5.56 Å². The van der Waals surface area contributed by atoms with Crippen molar-refractivity contribution in [3.05, 3.63) is 59.4 Å². The highest BCUT2D eigenvalue weighted by atomic mass is 32.1. The summed E-state index contributed by atoms with van der Waals surface area (Å²) in [6.07, 6.45) is 1.50. The average molecular weight is 281 g/mol. The molecule has 96 valence electrons. The van der Waals surface area contributed by atoms with E-state index in [2.05, 4.69) is 9.97 Å². The molecule has 3 aromatic rings. The van der Waals surface area contributed by atoms with Crippen molar-refractivity contribution in [2.75, 3.05) is 0 Å². The van der Waals surface area contributed by atoms with Crippen molar-refractivity contribution in [1.29, 1.82) is 5.26 Å². The summed E-state index contributed by atoms with van der Waals surface area (Å²) in [5, 5.41) is 11.2. The molecule has 0 aliphatic rings. The number of thiazole rings is 1. The molecule has 3 nitrogen and oxygen atoms in total. The Balaban J connectivity index is 1.98. The topological polar surface area (TPSA) is 49.6 Å². The number of hydrogen-bond acceptors (Lipinski definition) is 4. The van der Waals surface area contributed by atoms with E-state index in [1.54, 1.807) is 30.3 Å². The second-order valence-electron chi connectivity index (χ2n) is 4.06. The van der Waals surface area contributed by atoms with E-state index in [-0.39, 0.29) is 5.82 Å². The molecule has 0 N–H and O–H groups in total. The maximum absolute atomic E-state index is 13.7. The van der Waals surface area contributed by atoms with E-state index in [0.29, 0.717) is 27.5 Å². The number of nitriles is 1. The predicted molar refractivity (Wildman–Crippen MR) is 75.5 cm³/mol. The Kier molecular flexibility index (Phi) is 3.23. The summed E-state index contributed by atoms with van der Waals surface area (Å²) < 4.78 is 13.7. The standard InChI is InChI=1S/C15H8FN3S/c16-12-4-2-1-3-11(12)15-19-14(9-20-15)13-6-5-10(7-17)8-18-13/h1-6,8-9H. The first-order valence-corrected chi connectivity index (χ1v) is 6.73. The van der Waals surface area contributed by atoms with Gasteiger partial charge in [0.25, 0.3) is 0 Å². The lowest BCUT2D eigenvalue weighted by Gasteiger charge is -1.98.